The van der Waals surface area contributed by atoms with Crippen LogP contribution in [0.15, 0.2) is 18.2 Å². The van der Waals surface area contributed by atoms with Crippen molar-refractivity contribution in [3.8, 4) is 5.75 Å². The molecular weight excluding hydrogens is 368 g/mol. The van der Waals surface area contributed by atoms with E-state index < -0.39 is 4.32 Å². The van der Waals surface area contributed by atoms with Crippen LogP contribution in [0.2, 0.25) is 0 Å². The van der Waals surface area contributed by atoms with E-state index >= 15 is 0 Å². The topological polar surface area (TPSA) is 60.5 Å². The summed E-state index contributed by atoms with van der Waals surface area (Å²) in [6.45, 7) is 6.06. The smallest absolute Gasteiger partial charge is 0.242 e. The van der Waals surface area contributed by atoms with E-state index in [4.69, 9.17) is 9.47 Å². The predicted molar refractivity (Wildman–Crippen MR) is 93.2 cm³/mol. The van der Waals surface area contributed by atoms with Crippen molar-refractivity contribution in [3.05, 3.63) is 18.2 Å². The van der Waals surface area contributed by atoms with Crippen LogP contribution in [-0.2, 0) is 9.53 Å². The SMILES string of the molecule is COC[C@H](C)Oc1ccc2nc(NC(=O)C(C)(C)Br)sc2c1. The molecule has 0 fully saturated rings. The summed E-state index contributed by atoms with van der Waals surface area (Å²) >= 11 is 4.75. The summed E-state index contributed by atoms with van der Waals surface area (Å²) in [6, 6.07) is 5.68. The number of nitrogens with zero attached hydrogens (tertiary/aromatic N) is 1. The molecule has 0 aliphatic heterocycles. The van der Waals surface area contributed by atoms with Crippen molar-refractivity contribution in [3.63, 3.8) is 0 Å². The molecule has 1 atom stereocenters. The summed E-state index contributed by atoms with van der Waals surface area (Å²) in [7, 11) is 1.65. The second kappa shape index (κ2) is 6.93. The lowest BCUT2D eigenvalue weighted by Gasteiger charge is -2.13. The number of aromatic nitrogens is 1. The van der Waals surface area contributed by atoms with E-state index in [9.17, 15) is 4.79 Å². The maximum atomic E-state index is 12.0. The molecule has 2 aromatic rings. The Hall–Kier alpha value is -1.18. The Morgan fingerprint density at radius 1 is 1.50 bits per heavy atom. The number of hydrogen-bond acceptors (Lipinski definition) is 5. The normalized spacial score (nSPS) is 13.1. The van der Waals surface area contributed by atoms with Crippen molar-refractivity contribution in [1.82, 2.24) is 4.98 Å². The largest absolute Gasteiger partial charge is 0.488 e. The maximum Gasteiger partial charge on any atom is 0.242 e. The van der Waals surface area contributed by atoms with Crippen molar-refractivity contribution in [2.24, 2.45) is 0 Å². The van der Waals surface area contributed by atoms with Crippen LogP contribution in [0.1, 0.15) is 20.8 Å². The summed E-state index contributed by atoms with van der Waals surface area (Å²) in [5.41, 5.74) is 0.833. The fraction of sp³-hybridized carbons (Fsp3) is 0.467. The fourth-order valence-electron chi connectivity index (χ4n) is 1.78. The third-order valence-corrected chi connectivity index (χ3v) is 4.15. The molecule has 7 heteroatoms. The van der Waals surface area contributed by atoms with Crippen LogP contribution >= 0.6 is 27.3 Å². The Bertz CT molecular complexity index is 666. The van der Waals surface area contributed by atoms with E-state index in [-0.39, 0.29) is 12.0 Å². The predicted octanol–water partition coefficient (Wildman–Crippen LogP) is 3.82. The third-order valence-electron chi connectivity index (χ3n) is 2.86. The zero-order valence-corrected chi connectivity index (χ0v) is 15.4. The van der Waals surface area contributed by atoms with Gasteiger partial charge in [-0.05, 0) is 39.0 Å². The van der Waals surface area contributed by atoms with Crippen LogP contribution in [0.5, 0.6) is 5.75 Å². The second-order valence-corrected chi connectivity index (χ2v) is 8.47. The van der Waals surface area contributed by atoms with Crippen LogP contribution in [0.4, 0.5) is 5.13 Å². The number of methoxy groups -OCH3 is 1. The lowest BCUT2D eigenvalue weighted by molar-refractivity contribution is -0.117. The number of thiazole rings is 1. The third kappa shape index (κ3) is 4.41. The van der Waals surface area contributed by atoms with Crippen LogP contribution in [0.3, 0.4) is 0 Å². The number of carbonyl (C=O) groups excluding carboxylic acids is 1. The van der Waals surface area contributed by atoms with Gasteiger partial charge in [0.25, 0.3) is 0 Å². The van der Waals surface area contributed by atoms with Crippen molar-refractivity contribution in [1.29, 1.82) is 0 Å². The standard InChI is InChI=1S/C15H19BrN2O3S/c1-9(8-20-4)21-10-5-6-11-12(7-10)22-14(17-11)18-13(19)15(2,3)16/h5-7,9H,8H2,1-4H3,(H,17,18,19)/t9-/m0/s1. The highest BCUT2D eigenvalue weighted by molar-refractivity contribution is 9.10. The molecule has 5 nitrogen and oxygen atoms in total. The van der Waals surface area contributed by atoms with Gasteiger partial charge in [-0.2, -0.15) is 0 Å². The molecule has 0 unspecified atom stereocenters. The molecule has 120 valence electrons. The monoisotopic (exact) mass is 386 g/mol. The minimum Gasteiger partial charge on any atom is -0.488 e. The molecule has 0 bridgehead atoms. The minimum atomic E-state index is -0.630. The Morgan fingerprint density at radius 2 is 2.23 bits per heavy atom. The van der Waals surface area contributed by atoms with Gasteiger partial charge in [-0.1, -0.05) is 27.3 Å². The van der Waals surface area contributed by atoms with E-state index in [2.05, 4.69) is 26.2 Å². The number of ether oxygens (including phenoxy) is 2. The van der Waals surface area contributed by atoms with E-state index in [1.54, 1.807) is 21.0 Å². The van der Waals surface area contributed by atoms with Crippen LogP contribution in [0.25, 0.3) is 10.2 Å². The molecule has 1 aromatic heterocycles. The van der Waals surface area contributed by atoms with Gasteiger partial charge in [0, 0.05) is 7.11 Å². The summed E-state index contributed by atoms with van der Waals surface area (Å²) in [5.74, 6) is 0.635. The lowest BCUT2D eigenvalue weighted by atomic mass is 10.2. The first-order chi connectivity index (χ1) is 10.3. The van der Waals surface area contributed by atoms with Gasteiger partial charge in [0.1, 0.15) is 11.9 Å². The quantitative estimate of drug-likeness (QED) is 0.766. The molecule has 0 saturated carbocycles. The molecule has 0 radical (unpaired) electrons. The van der Waals surface area contributed by atoms with Crippen molar-refractivity contribution in [2.45, 2.75) is 31.2 Å². The fourth-order valence-corrected chi connectivity index (χ4v) is 2.77. The minimum absolute atomic E-state index is 0.0243. The van der Waals surface area contributed by atoms with Gasteiger partial charge in [0.05, 0.1) is 21.1 Å². The summed E-state index contributed by atoms with van der Waals surface area (Å²) in [5, 5.41) is 3.39. The lowest BCUT2D eigenvalue weighted by Crippen LogP contribution is -2.30. The van der Waals surface area contributed by atoms with Crippen LogP contribution in [0, 0.1) is 0 Å². The Labute approximate surface area is 142 Å². The number of rotatable bonds is 6. The first-order valence-corrected chi connectivity index (χ1v) is 8.47. The summed E-state index contributed by atoms with van der Waals surface area (Å²) < 4.78 is 11.2. The van der Waals surface area contributed by atoms with Crippen LogP contribution < -0.4 is 10.1 Å². The number of fused-ring (bicyclic) bond motifs is 1. The van der Waals surface area contributed by atoms with Gasteiger partial charge in [-0.25, -0.2) is 4.98 Å². The Kier molecular flexibility index (Phi) is 5.41. The van der Waals surface area contributed by atoms with Crippen molar-refractivity contribution < 1.29 is 14.3 Å². The zero-order valence-electron chi connectivity index (χ0n) is 13.0. The van der Waals surface area contributed by atoms with Crippen LogP contribution in [-0.4, -0.2) is 35.0 Å². The molecule has 0 saturated heterocycles. The number of carbonyl (C=O) groups is 1. The highest BCUT2D eigenvalue weighted by atomic mass is 79.9. The van der Waals surface area contributed by atoms with E-state index in [1.807, 2.05) is 25.1 Å². The van der Waals surface area contributed by atoms with Crippen molar-refractivity contribution in [2.75, 3.05) is 19.0 Å². The van der Waals surface area contributed by atoms with E-state index in [0.717, 1.165) is 16.0 Å². The molecule has 1 N–H and O–H groups in total. The first-order valence-electron chi connectivity index (χ1n) is 6.86. The molecule has 0 spiro atoms. The highest BCUT2D eigenvalue weighted by Crippen LogP contribution is 2.30. The molecule has 1 aromatic carbocycles. The zero-order chi connectivity index (χ0) is 16.3. The number of anilines is 1. The van der Waals surface area contributed by atoms with E-state index in [1.165, 1.54) is 11.3 Å². The molecule has 0 aliphatic rings. The molecule has 2 rings (SSSR count). The average molecular weight is 387 g/mol. The van der Waals surface area contributed by atoms with Gasteiger partial charge >= 0.3 is 0 Å². The van der Waals surface area contributed by atoms with E-state index in [0.29, 0.717) is 11.7 Å². The molecule has 1 amide bonds. The number of hydrogen-bond donors (Lipinski definition) is 1. The Balaban J connectivity index is 2.15. The van der Waals surface area contributed by atoms with Gasteiger partial charge in [-0.15, -0.1) is 0 Å². The summed E-state index contributed by atoms with van der Waals surface area (Å²) in [6.07, 6.45) is -0.0243. The highest BCUT2D eigenvalue weighted by Gasteiger charge is 2.24. The number of alkyl halides is 1. The number of amides is 1. The van der Waals surface area contributed by atoms with Gasteiger partial charge in [-0.3, -0.25) is 4.79 Å². The second-order valence-electron chi connectivity index (χ2n) is 5.46. The van der Waals surface area contributed by atoms with Gasteiger partial charge < -0.3 is 14.8 Å². The number of nitrogens with one attached hydrogen (secondary N) is 1. The Morgan fingerprint density at radius 3 is 2.86 bits per heavy atom. The van der Waals surface area contributed by atoms with Crippen molar-refractivity contribution >= 4 is 48.5 Å². The summed E-state index contributed by atoms with van der Waals surface area (Å²) in [4.78, 5) is 16.4. The van der Waals surface area contributed by atoms with Gasteiger partial charge in [0.2, 0.25) is 5.91 Å². The van der Waals surface area contributed by atoms with Gasteiger partial charge in [0.15, 0.2) is 5.13 Å². The molecular formula is C15H19BrN2O3S. The first kappa shape index (κ1) is 17.2. The average Bonchev–Trinajstić information content (AvgIpc) is 2.79. The molecule has 1 heterocycles. The number of halogens is 1. The maximum absolute atomic E-state index is 12.0. The molecule has 22 heavy (non-hydrogen) atoms. The number of benzene rings is 1. The molecule has 0 aliphatic carbocycles.